The predicted molar refractivity (Wildman–Crippen MR) is 155 cm³/mol. The van der Waals surface area contributed by atoms with E-state index in [1.54, 1.807) is 24.3 Å². The van der Waals surface area contributed by atoms with Gasteiger partial charge in [0.15, 0.2) is 0 Å². The normalized spacial score (nSPS) is 21.7. The standard InChI is InChI=1S/C32H32N6O4/c33-15-21-4-6-22(7-5-21)20-42-31-3-1-2-29(35-31)38-24-9-10-25(38)17-36(16-24)19-30-34-27-11-8-23(32(39)40)14-28(27)37(30)18-26-12-13-41-26/h1-8,11,14,24-26H,9-10,12-13,16-20H2,(H,39,40)/t24?,25?,26-/m0/s1. The third-order valence-electron chi connectivity index (χ3n) is 8.62. The van der Waals surface area contributed by atoms with Crippen molar-refractivity contribution in [2.45, 2.75) is 57.1 Å². The zero-order valence-electron chi connectivity index (χ0n) is 23.2. The molecule has 5 heterocycles. The van der Waals surface area contributed by atoms with Crippen LogP contribution in [0, 0.1) is 11.3 Å². The zero-order valence-corrected chi connectivity index (χ0v) is 23.2. The molecule has 0 amide bonds. The molecule has 2 bridgehead atoms. The van der Waals surface area contributed by atoms with Crippen molar-refractivity contribution in [1.82, 2.24) is 19.4 Å². The lowest BCUT2D eigenvalue weighted by molar-refractivity contribution is -0.0592. The van der Waals surface area contributed by atoms with Crippen LogP contribution in [0.5, 0.6) is 5.88 Å². The number of aromatic carboxylic acids is 1. The summed E-state index contributed by atoms with van der Waals surface area (Å²) in [7, 11) is 0. The van der Waals surface area contributed by atoms with Gasteiger partial charge in [-0.05, 0) is 61.2 Å². The van der Waals surface area contributed by atoms with E-state index in [9.17, 15) is 9.90 Å². The molecule has 0 aliphatic carbocycles. The molecule has 10 nitrogen and oxygen atoms in total. The molecule has 0 radical (unpaired) electrons. The minimum atomic E-state index is -0.934. The highest BCUT2D eigenvalue weighted by Crippen LogP contribution is 2.35. The molecule has 4 aromatic rings. The van der Waals surface area contributed by atoms with Crippen LogP contribution in [0.1, 0.15) is 46.6 Å². The summed E-state index contributed by atoms with van der Waals surface area (Å²) in [5, 5.41) is 18.6. The van der Waals surface area contributed by atoms with Crippen molar-refractivity contribution in [3.8, 4) is 11.9 Å². The van der Waals surface area contributed by atoms with Gasteiger partial charge in [-0.2, -0.15) is 10.2 Å². The molecule has 42 heavy (non-hydrogen) atoms. The van der Waals surface area contributed by atoms with Gasteiger partial charge in [0.1, 0.15) is 18.2 Å². The van der Waals surface area contributed by atoms with Crippen LogP contribution >= 0.6 is 0 Å². The number of pyridine rings is 1. The number of carbonyl (C=O) groups is 1. The Morgan fingerprint density at radius 1 is 1.05 bits per heavy atom. The van der Waals surface area contributed by atoms with E-state index in [0.717, 1.165) is 67.2 Å². The zero-order chi connectivity index (χ0) is 28.6. The van der Waals surface area contributed by atoms with E-state index in [4.69, 9.17) is 24.7 Å². The number of nitrogens with zero attached hydrogens (tertiary/aromatic N) is 6. The van der Waals surface area contributed by atoms with E-state index in [2.05, 4.69) is 26.5 Å². The molecule has 0 spiro atoms. The number of benzene rings is 2. The molecule has 1 N–H and O–H groups in total. The molecular formula is C32H32N6O4. The summed E-state index contributed by atoms with van der Waals surface area (Å²) >= 11 is 0. The first kappa shape index (κ1) is 26.4. The molecule has 2 aromatic heterocycles. The first-order valence-corrected chi connectivity index (χ1v) is 14.5. The minimum absolute atomic E-state index is 0.139. The average Bonchev–Trinajstić information content (AvgIpc) is 3.46. The molecule has 2 aromatic carbocycles. The van der Waals surface area contributed by atoms with Crippen molar-refractivity contribution in [3.63, 3.8) is 0 Å². The third kappa shape index (κ3) is 5.17. The fourth-order valence-corrected chi connectivity index (χ4v) is 6.42. The number of carboxylic acids is 1. The van der Waals surface area contributed by atoms with Crippen molar-refractivity contribution >= 4 is 22.8 Å². The Labute approximate surface area is 243 Å². The second-order valence-corrected chi connectivity index (χ2v) is 11.3. The first-order valence-electron chi connectivity index (χ1n) is 14.5. The number of carboxylic acid groups (broad SMARTS) is 1. The van der Waals surface area contributed by atoms with Crippen LogP contribution in [0.25, 0.3) is 11.0 Å². The SMILES string of the molecule is N#Cc1ccc(COc2cccc(N3C4CCC3CN(Cc3nc5ccc(C(=O)O)cc5n3C[C@@H]3CCO3)C4)n2)cc1. The number of anilines is 1. The Morgan fingerprint density at radius 3 is 2.52 bits per heavy atom. The monoisotopic (exact) mass is 564 g/mol. The average molecular weight is 565 g/mol. The second-order valence-electron chi connectivity index (χ2n) is 11.3. The maximum Gasteiger partial charge on any atom is 0.335 e. The van der Waals surface area contributed by atoms with Crippen molar-refractivity contribution < 1.29 is 19.4 Å². The smallest absolute Gasteiger partial charge is 0.335 e. The van der Waals surface area contributed by atoms with Gasteiger partial charge in [-0.1, -0.05) is 18.2 Å². The molecule has 3 atom stereocenters. The maximum absolute atomic E-state index is 11.7. The van der Waals surface area contributed by atoms with E-state index >= 15 is 0 Å². The molecule has 214 valence electrons. The highest BCUT2D eigenvalue weighted by molar-refractivity contribution is 5.92. The van der Waals surface area contributed by atoms with Crippen LogP contribution in [-0.2, 0) is 24.4 Å². The Balaban J connectivity index is 1.06. The quantitative estimate of drug-likeness (QED) is 0.319. The lowest BCUT2D eigenvalue weighted by Gasteiger charge is -2.41. The molecule has 3 fully saturated rings. The van der Waals surface area contributed by atoms with Crippen molar-refractivity contribution in [2.75, 3.05) is 24.6 Å². The van der Waals surface area contributed by atoms with Gasteiger partial charge in [0, 0.05) is 37.8 Å². The summed E-state index contributed by atoms with van der Waals surface area (Å²) in [6, 6.07) is 21.3. The molecule has 0 saturated carbocycles. The third-order valence-corrected chi connectivity index (χ3v) is 8.62. The van der Waals surface area contributed by atoms with Gasteiger partial charge in [0.25, 0.3) is 0 Å². The van der Waals surface area contributed by atoms with Crippen molar-refractivity contribution in [3.05, 3.63) is 83.2 Å². The molecule has 3 aliphatic rings. The number of rotatable bonds is 9. The summed E-state index contributed by atoms with van der Waals surface area (Å²) in [4.78, 5) is 26.4. The summed E-state index contributed by atoms with van der Waals surface area (Å²) in [5.74, 6) is 1.55. The number of hydrogen-bond acceptors (Lipinski definition) is 8. The van der Waals surface area contributed by atoms with Gasteiger partial charge in [0.2, 0.25) is 5.88 Å². The molecule has 3 saturated heterocycles. The van der Waals surface area contributed by atoms with Crippen LogP contribution in [0.3, 0.4) is 0 Å². The molecule has 3 aliphatic heterocycles. The van der Waals surface area contributed by atoms with E-state index in [1.165, 1.54) is 0 Å². The number of hydrogen-bond donors (Lipinski definition) is 1. The molecule has 10 heteroatoms. The lowest BCUT2D eigenvalue weighted by Crippen LogP contribution is -2.54. The van der Waals surface area contributed by atoms with Gasteiger partial charge in [-0.15, -0.1) is 0 Å². The Hall–Kier alpha value is -4.46. The summed E-state index contributed by atoms with van der Waals surface area (Å²) in [6.07, 6.45) is 3.35. The van der Waals surface area contributed by atoms with Crippen LogP contribution in [0.2, 0.25) is 0 Å². The predicted octanol–water partition coefficient (Wildman–Crippen LogP) is 4.22. The van der Waals surface area contributed by atoms with Crippen molar-refractivity contribution in [2.24, 2.45) is 0 Å². The van der Waals surface area contributed by atoms with E-state index in [-0.39, 0.29) is 11.7 Å². The number of likely N-dealkylation sites (tertiary alicyclic amines) is 1. The number of piperazine rings is 1. The lowest BCUT2D eigenvalue weighted by atomic mass is 10.1. The number of aromatic nitrogens is 3. The van der Waals surface area contributed by atoms with Crippen LogP contribution in [0.4, 0.5) is 5.82 Å². The van der Waals surface area contributed by atoms with Crippen molar-refractivity contribution in [1.29, 1.82) is 5.26 Å². The van der Waals surface area contributed by atoms with Crippen LogP contribution in [-0.4, -0.2) is 68.4 Å². The second kappa shape index (κ2) is 11.1. The Kier molecular flexibility index (Phi) is 6.98. The van der Waals surface area contributed by atoms with Gasteiger partial charge in [0.05, 0.1) is 47.4 Å². The molecule has 7 rings (SSSR count). The largest absolute Gasteiger partial charge is 0.478 e. The Morgan fingerprint density at radius 2 is 1.83 bits per heavy atom. The van der Waals surface area contributed by atoms with Gasteiger partial charge < -0.3 is 24.0 Å². The number of nitriles is 1. The first-order chi connectivity index (χ1) is 20.5. The number of fused-ring (bicyclic) bond motifs is 3. The van der Waals surface area contributed by atoms with E-state index < -0.39 is 5.97 Å². The number of imidazole rings is 1. The number of ether oxygens (including phenoxy) is 2. The summed E-state index contributed by atoms with van der Waals surface area (Å²) in [5.41, 5.74) is 3.56. The minimum Gasteiger partial charge on any atom is -0.478 e. The summed E-state index contributed by atoms with van der Waals surface area (Å²) in [6.45, 7) is 4.35. The highest BCUT2D eigenvalue weighted by Gasteiger charge is 2.41. The molecular weight excluding hydrogens is 532 g/mol. The van der Waals surface area contributed by atoms with Crippen LogP contribution in [0.15, 0.2) is 60.7 Å². The van der Waals surface area contributed by atoms with Crippen LogP contribution < -0.4 is 9.64 Å². The fourth-order valence-electron chi connectivity index (χ4n) is 6.42. The van der Waals surface area contributed by atoms with Gasteiger partial charge in [-0.3, -0.25) is 4.90 Å². The van der Waals surface area contributed by atoms with E-state index in [0.29, 0.717) is 43.2 Å². The fraction of sp³-hybridized carbons (Fsp3) is 0.375. The Bertz CT molecular complexity index is 1640. The van der Waals surface area contributed by atoms with Gasteiger partial charge >= 0.3 is 5.97 Å². The summed E-state index contributed by atoms with van der Waals surface area (Å²) < 4.78 is 13.9. The van der Waals surface area contributed by atoms with E-state index in [1.807, 2.05) is 30.3 Å². The maximum atomic E-state index is 11.7. The van der Waals surface area contributed by atoms with Gasteiger partial charge in [-0.25, -0.2) is 9.78 Å². The highest BCUT2D eigenvalue weighted by atomic mass is 16.5. The topological polar surface area (TPSA) is 117 Å². The molecule has 2 unspecified atom stereocenters.